The second kappa shape index (κ2) is 8.28. The summed E-state index contributed by atoms with van der Waals surface area (Å²) in [7, 11) is 0. The minimum absolute atomic E-state index is 0. The quantitative estimate of drug-likeness (QED) is 0.755. The predicted molar refractivity (Wildman–Crippen MR) is 102 cm³/mol. The van der Waals surface area contributed by atoms with Gasteiger partial charge in [0.25, 0.3) is 0 Å². The van der Waals surface area contributed by atoms with E-state index in [0.29, 0.717) is 6.04 Å². The van der Waals surface area contributed by atoms with Crippen molar-refractivity contribution in [3.05, 3.63) is 83.4 Å². The predicted octanol–water partition coefficient (Wildman–Crippen LogP) is 3.92. The molecule has 130 valence electrons. The van der Waals surface area contributed by atoms with E-state index in [1.807, 2.05) is 24.5 Å². The molecule has 4 nitrogen and oxygen atoms in total. The Morgan fingerprint density at radius 2 is 1.92 bits per heavy atom. The lowest BCUT2D eigenvalue weighted by Gasteiger charge is -2.24. The lowest BCUT2D eigenvalue weighted by Crippen LogP contribution is -2.25. The number of fused-ring (bicyclic) bond motifs is 1. The Labute approximate surface area is 154 Å². The van der Waals surface area contributed by atoms with E-state index >= 15 is 0 Å². The highest BCUT2D eigenvalue weighted by molar-refractivity contribution is 5.85. The summed E-state index contributed by atoms with van der Waals surface area (Å²) in [5, 5.41) is 8.31. The summed E-state index contributed by atoms with van der Waals surface area (Å²) < 4.78 is 2.17. The van der Waals surface area contributed by atoms with E-state index in [0.717, 1.165) is 31.6 Å². The third-order valence-corrected chi connectivity index (χ3v) is 4.69. The van der Waals surface area contributed by atoms with Crippen LogP contribution < -0.4 is 5.32 Å². The molecular weight excluding hydrogens is 332 g/mol. The first kappa shape index (κ1) is 17.6. The number of nitrogens with one attached hydrogen (secondary N) is 1. The molecule has 0 fully saturated rings. The second-order valence-electron chi connectivity index (χ2n) is 6.34. The summed E-state index contributed by atoms with van der Waals surface area (Å²) in [5.41, 5.74) is 5.12. The average Bonchev–Trinajstić information content (AvgIpc) is 3.05. The molecule has 0 bridgehead atoms. The van der Waals surface area contributed by atoms with Crippen molar-refractivity contribution >= 4 is 12.4 Å². The van der Waals surface area contributed by atoms with Crippen LogP contribution in [0.3, 0.4) is 0 Å². The Hall–Kier alpha value is -2.17. The first-order valence-electron chi connectivity index (χ1n) is 8.62. The molecule has 1 aromatic carbocycles. The minimum Gasteiger partial charge on any atom is -0.304 e. The molecule has 0 saturated carbocycles. The van der Waals surface area contributed by atoms with Crippen LogP contribution in [0.4, 0.5) is 0 Å². The highest BCUT2D eigenvalue weighted by Crippen LogP contribution is 2.30. The molecule has 3 aromatic rings. The van der Waals surface area contributed by atoms with Crippen LogP contribution >= 0.6 is 12.4 Å². The lowest BCUT2D eigenvalue weighted by molar-refractivity contribution is 0.447. The molecule has 1 unspecified atom stereocenters. The first-order valence-corrected chi connectivity index (χ1v) is 8.62. The van der Waals surface area contributed by atoms with E-state index in [1.165, 1.54) is 23.2 Å². The van der Waals surface area contributed by atoms with Crippen LogP contribution in [0.5, 0.6) is 0 Å². The van der Waals surface area contributed by atoms with Gasteiger partial charge in [0.15, 0.2) is 0 Å². The van der Waals surface area contributed by atoms with Gasteiger partial charge in [-0.2, -0.15) is 5.10 Å². The van der Waals surface area contributed by atoms with Crippen LogP contribution in [0.25, 0.3) is 0 Å². The fraction of sp³-hybridized carbons (Fsp3) is 0.300. The van der Waals surface area contributed by atoms with Gasteiger partial charge in [-0.15, -0.1) is 12.4 Å². The average molecular weight is 355 g/mol. The van der Waals surface area contributed by atoms with Crippen molar-refractivity contribution in [1.29, 1.82) is 0 Å². The van der Waals surface area contributed by atoms with Gasteiger partial charge in [-0.1, -0.05) is 36.4 Å². The minimum atomic E-state index is 0. The Morgan fingerprint density at radius 1 is 1.08 bits per heavy atom. The number of nitrogens with zero attached hydrogens (tertiary/aromatic N) is 3. The maximum absolute atomic E-state index is 4.66. The number of hydrogen-bond donors (Lipinski definition) is 1. The molecule has 2 heterocycles. The molecule has 1 aliphatic rings. The van der Waals surface area contributed by atoms with E-state index in [-0.39, 0.29) is 12.4 Å². The first-order chi connectivity index (χ1) is 11.9. The van der Waals surface area contributed by atoms with Crippen LogP contribution in [-0.2, 0) is 19.5 Å². The van der Waals surface area contributed by atoms with E-state index in [2.05, 4.69) is 56.5 Å². The van der Waals surface area contributed by atoms with Crippen molar-refractivity contribution in [2.24, 2.45) is 0 Å². The number of pyridine rings is 1. The number of hydrogen-bond acceptors (Lipinski definition) is 3. The highest BCUT2D eigenvalue weighted by Gasteiger charge is 2.23. The Bertz CT molecular complexity index is 786. The maximum Gasteiger partial charge on any atom is 0.0662 e. The molecule has 25 heavy (non-hydrogen) atoms. The molecular formula is C20H23ClN4. The smallest absolute Gasteiger partial charge is 0.0662 e. The van der Waals surface area contributed by atoms with Gasteiger partial charge in [0.05, 0.1) is 18.4 Å². The van der Waals surface area contributed by atoms with Gasteiger partial charge in [0, 0.05) is 30.0 Å². The Morgan fingerprint density at radius 3 is 2.72 bits per heavy atom. The molecule has 0 aliphatic heterocycles. The van der Waals surface area contributed by atoms with Crippen LogP contribution in [-0.4, -0.2) is 14.8 Å². The van der Waals surface area contributed by atoms with Gasteiger partial charge in [-0.25, -0.2) is 0 Å². The van der Waals surface area contributed by atoms with Crippen molar-refractivity contribution in [1.82, 2.24) is 20.1 Å². The Balaban J connectivity index is 0.00000182. The molecule has 0 spiro atoms. The van der Waals surface area contributed by atoms with E-state index in [9.17, 15) is 0 Å². The molecule has 1 N–H and O–H groups in total. The van der Waals surface area contributed by atoms with Crippen molar-refractivity contribution in [3.8, 4) is 0 Å². The largest absolute Gasteiger partial charge is 0.304 e. The van der Waals surface area contributed by atoms with Crippen LogP contribution in [0.1, 0.15) is 41.4 Å². The van der Waals surface area contributed by atoms with Crippen molar-refractivity contribution < 1.29 is 0 Å². The number of rotatable bonds is 5. The molecule has 5 heteroatoms. The Kier molecular flexibility index (Phi) is 5.84. The zero-order valence-corrected chi connectivity index (χ0v) is 15.0. The summed E-state index contributed by atoms with van der Waals surface area (Å²) in [4.78, 5) is 4.40. The summed E-state index contributed by atoms with van der Waals surface area (Å²) in [6.45, 7) is 1.65. The van der Waals surface area contributed by atoms with E-state index in [4.69, 9.17) is 0 Å². The van der Waals surface area contributed by atoms with Gasteiger partial charge < -0.3 is 5.32 Å². The zero-order valence-electron chi connectivity index (χ0n) is 14.1. The van der Waals surface area contributed by atoms with Crippen molar-refractivity contribution in [2.45, 2.75) is 38.4 Å². The fourth-order valence-corrected chi connectivity index (χ4v) is 3.45. The maximum atomic E-state index is 4.66. The normalized spacial score (nSPS) is 16.1. The van der Waals surface area contributed by atoms with E-state index in [1.54, 1.807) is 0 Å². The zero-order chi connectivity index (χ0) is 16.2. The van der Waals surface area contributed by atoms with Gasteiger partial charge in [-0.3, -0.25) is 9.67 Å². The van der Waals surface area contributed by atoms with Gasteiger partial charge in [0.1, 0.15) is 0 Å². The summed E-state index contributed by atoms with van der Waals surface area (Å²) >= 11 is 0. The molecule has 0 radical (unpaired) electrons. The van der Waals surface area contributed by atoms with E-state index < -0.39 is 0 Å². The monoisotopic (exact) mass is 354 g/mol. The molecule has 0 amide bonds. The third-order valence-electron chi connectivity index (χ3n) is 4.69. The molecule has 0 saturated heterocycles. The molecule has 1 atom stereocenters. The summed E-state index contributed by atoms with van der Waals surface area (Å²) in [6.07, 6.45) is 7.38. The number of benzene rings is 1. The van der Waals surface area contributed by atoms with Crippen LogP contribution in [0.15, 0.2) is 60.9 Å². The fourth-order valence-electron chi connectivity index (χ4n) is 3.45. The second-order valence-corrected chi connectivity index (χ2v) is 6.34. The summed E-state index contributed by atoms with van der Waals surface area (Å²) in [5.74, 6) is 0. The third kappa shape index (κ3) is 4.09. The van der Waals surface area contributed by atoms with Gasteiger partial charge in [0.2, 0.25) is 0 Å². The molecule has 2 aromatic heterocycles. The topological polar surface area (TPSA) is 42.7 Å². The summed E-state index contributed by atoms with van der Waals surface area (Å²) in [6, 6.07) is 17.0. The molecule has 1 aliphatic carbocycles. The van der Waals surface area contributed by atoms with Gasteiger partial charge >= 0.3 is 0 Å². The SMILES string of the molecule is Cl.c1ccc(Cn2ncc3c2CCCC3NCc2ccccn2)cc1. The number of halogens is 1. The van der Waals surface area contributed by atoms with Crippen LogP contribution in [0, 0.1) is 0 Å². The van der Waals surface area contributed by atoms with Crippen molar-refractivity contribution in [2.75, 3.05) is 0 Å². The van der Waals surface area contributed by atoms with Gasteiger partial charge in [-0.05, 0) is 37.0 Å². The standard InChI is InChI=1S/C20H22N4.ClH/c1-2-7-16(8-3-1)15-24-20-11-6-10-19(18(20)14-23-24)22-13-17-9-4-5-12-21-17;/h1-5,7-9,12,14,19,22H,6,10-11,13,15H2;1H. The number of aromatic nitrogens is 3. The lowest BCUT2D eigenvalue weighted by atomic mass is 9.93. The van der Waals surface area contributed by atoms with Crippen LogP contribution in [0.2, 0.25) is 0 Å². The molecule has 4 rings (SSSR count). The highest BCUT2D eigenvalue weighted by atomic mass is 35.5. The van der Waals surface area contributed by atoms with Crippen molar-refractivity contribution in [3.63, 3.8) is 0 Å².